The van der Waals surface area contributed by atoms with Crippen LogP contribution in [0.3, 0.4) is 0 Å². The average Bonchev–Trinajstić information content (AvgIpc) is 2.48. The van der Waals surface area contributed by atoms with Gasteiger partial charge in [0.05, 0.1) is 0 Å². The molecule has 0 spiro atoms. The van der Waals surface area contributed by atoms with E-state index < -0.39 is 5.97 Å². The van der Waals surface area contributed by atoms with Crippen LogP contribution in [0.4, 0.5) is 5.82 Å². The molecule has 1 aliphatic carbocycles. The second-order valence-corrected chi connectivity index (χ2v) is 5.66. The minimum absolute atomic E-state index is 0.0602. The van der Waals surface area contributed by atoms with E-state index in [4.69, 9.17) is 5.11 Å². The summed E-state index contributed by atoms with van der Waals surface area (Å²) in [6, 6.07) is 4.58. The normalized spacial score (nSPS) is 15.6. The fourth-order valence-corrected chi connectivity index (χ4v) is 2.86. The zero-order valence-electron chi connectivity index (χ0n) is 12.2. The number of carboxylic acids is 1. The molecule has 21 heavy (non-hydrogen) atoms. The number of hydrogen-bond acceptors (Lipinski definition) is 3. The van der Waals surface area contributed by atoms with Gasteiger partial charge in [0.2, 0.25) is 5.91 Å². The molecule has 1 aromatic heterocycles. The Balaban J connectivity index is 1.73. The number of nitrogens with zero attached hydrogens (tertiary/aromatic N) is 1. The predicted octanol–water partition coefficient (Wildman–Crippen LogP) is 3.47. The fraction of sp³-hybridized carbons (Fsp3) is 0.562. The monoisotopic (exact) mass is 290 g/mol. The lowest BCUT2D eigenvalue weighted by molar-refractivity contribution is -0.116. The van der Waals surface area contributed by atoms with Crippen molar-refractivity contribution < 1.29 is 14.7 Å². The highest BCUT2D eigenvalue weighted by Crippen LogP contribution is 2.27. The third kappa shape index (κ3) is 5.17. The summed E-state index contributed by atoms with van der Waals surface area (Å²) in [6.07, 6.45) is 9.04. The van der Waals surface area contributed by atoms with Gasteiger partial charge in [0, 0.05) is 6.42 Å². The summed E-state index contributed by atoms with van der Waals surface area (Å²) in [5, 5.41) is 11.5. The van der Waals surface area contributed by atoms with Crippen LogP contribution >= 0.6 is 0 Å². The average molecular weight is 290 g/mol. The van der Waals surface area contributed by atoms with Crippen molar-refractivity contribution in [1.82, 2.24) is 4.98 Å². The molecule has 114 valence electrons. The summed E-state index contributed by atoms with van der Waals surface area (Å²) in [5.41, 5.74) is -0.0602. The lowest BCUT2D eigenvalue weighted by Crippen LogP contribution is -2.14. The molecule has 1 aromatic rings. The topological polar surface area (TPSA) is 79.3 Å². The van der Waals surface area contributed by atoms with Crippen molar-refractivity contribution >= 4 is 17.7 Å². The third-order valence-corrected chi connectivity index (χ3v) is 3.98. The van der Waals surface area contributed by atoms with Gasteiger partial charge in [-0.2, -0.15) is 0 Å². The van der Waals surface area contributed by atoms with Gasteiger partial charge in [-0.15, -0.1) is 0 Å². The largest absolute Gasteiger partial charge is 0.477 e. The van der Waals surface area contributed by atoms with Crippen LogP contribution in [0.25, 0.3) is 0 Å². The summed E-state index contributed by atoms with van der Waals surface area (Å²) in [4.78, 5) is 26.5. The maximum absolute atomic E-state index is 11.8. The van der Waals surface area contributed by atoms with Crippen molar-refractivity contribution in [3.05, 3.63) is 23.9 Å². The number of aromatic nitrogens is 1. The molecule has 5 nitrogen and oxygen atoms in total. The number of amides is 1. The highest BCUT2D eigenvalue weighted by Gasteiger charge is 2.14. The Morgan fingerprint density at radius 3 is 2.71 bits per heavy atom. The highest BCUT2D eigenvalue weighted by atomic mass is 16.4. The summed E-state index contributed by atoms with van der Waals surface area (Å²) < 4.78 is 0. The Bertz CT molecular complexity index is 496. The first kappa shape index (κ1) is 15.5. The van der Waals surface area contributed by atoms with E-state index in [-0.39, 0.29) is 11.6 Å². The molecule has 0 radical (unpaired) electrons. The standard InChI is InChI=1S/C16H22N2O3/c19-15(11-4-8-12-6-2-1-3-7-12)18-14-10-5-9-13(17-14)16(20)21/h5,9-10,12H,1-4,6-8,11H2,(H,20,21)(H,17,18,19). The van der Waals surface area contributed by atoms with Gasteiger partial charge in [-0.25, -0.2) is 9.78 Å². The van der Waals surface area contributed by atoms with Gasteiger partial charge >= 0.3 is 5.97 Å². The highest BCUT2D eigenvalue weighted by molar-refractivity contribution is 5.91. The lowest BCUT2D eigenvalue weighted by atomic mass is 9.86. The van der Waals surface area contributed by atoms with E-state index in [9.17, 15) is 9.59 Å². The minimum Gasteiger partial charge on any atom is -0.477 e. The van der Waals surface area contributed by atoms with E-state index in [1.807, 2.05) is 0 Å². The molecular formula is C16H22N2O3. The Hall–Kier alpha value is -1.91. The molecule has 1 fully saturated rings. The number of rotatable bonds is 6. The molecule has 0 atom stereocenters. The first-order chi connectivity index (χ1) is 10.1. The van der Waals surface area contributed by atoms with Gasteiger partial charge in [-0.3, -0.25) is 4.79 Å². The van der Waals surface area contributed by atoms with Crippen molar-refractivity contribution in [2.24, 2.45) is 5.92 Å². The van der Waals surface area contributed by atoms with E-state index >= 15 is 0 Å². The van der Waals surface area contributed by atoms with Crippen LogP contribution in [0.1, 0.15) is 61.9 Å². The fourth-order valence-electron chi connectivity index (χ4n) is 2.86. The van der Waals surface area contributed by atoms with Crippen molar-refractivity contribution in [2.75, 3.05) is 5.32 Å². The summed E-state index contributed by atoms with van der Waals surface area (Å²) >= 11 is 0. The smallest absolute Gasteiger partial charge is 0.354 e. The predicted molar refractivity (Wildman–Crippen MR) is 80.3 cm³/mol. The van der Waals surface area contributed by atoms with Gasteiger partial charge in [0.1, 0.15) is 5.82 Å². The van der Waals surface area contributed by atoms with Crippen LogP contribution in [0.15, 0.2) is 18.2 Å². The summed E-state index contributed by atoms with van der Waals surface area (Å²) in [7, 11) is 0. The second-order valence-electron chi connectivity index (χ2n) is 5.66. The first-order valence-corrected chi connectivity index (χ1v) is 7.65. The van der Waals surface area contributed by atoms with Gasteiger partial charge in [-0.05, 0) is 30.9 Å². The number of hydrogen-bond donors (Lipinski definition) is 2. The van der Waals surface area contributed by atoms with Crippen molar-refractivity contribution in [3.63, 3.8) is 0 Å². The Labute approximate surface area is 124 Å². The molecule has 1 aliphatic rings. The van der Waals surface area contributed by atoms with Crippen molar-refractivity contribution in [3.8, 4) is 0 Å². The van der Waals surface area contributed by atoms with Crippen LogP contribution in [0.5, 0.6) is 0 Å². The maximum atomic E-state index is 11.8. The molecule has 0 aromatic carbocycles. The van der Waals surface area contributed by atoms with Crippen LogP contribution in [0.2, 0.25) is 0 Å². The van der Waals surface area contributed by atoms with E-state index in [1.54, 1.807) is 12.1 Å². The molecule has 2 rings (SSSR count). The molecule has 0 bridgehead atoms. The number of carbonyl (C=O) groups is 2. The number of nitrogens with one attached hydrogen (secondary N) is 1. The quantitative estimate of drug-likeness (QED) is 0.840. The van der Waals surface area contributed by atoms with Crippen molar-refractivity contribution in [1.29, 1.82) is 0 Å². The van der Waals surface area contributed by atoms with Crippen LogP contribution < -0.4 is 5.32 Å². The molecule has 5 heteroatoms. The molecule has 0 saturated heterocycles. The summed E-state index contributed by atoms with van der Waals surface area (Å²) in [5.74, 6) is -0.109. The lowest BCUT2D eigenvalue weighted by Gasteiger charge is -2.21. The van der Waals surface area contributed by atoms with E-state index in [0.717, 1.165) is 18.8 Å². The van der Waals surface area contributed by atoms with Crippen LogP contribution in [-0.4, -0.2) is 22.0 Å². The molecule has 1 amide bonds. The molecule has 1 saturated carbocycles. The van der Waals surface area contributed by atoms with Crippen LogP contribution in [0, 0.1) is 5.92 Å². The molecule has 0 aliphatic heterocycles. The van der Waals surface area contributed by atoms with E-state index in [2.05, 4.69) is 10.3 Å². The molecule has 0 unspecified atom stereocenters. The SMILES string of the molecule is O=C(CCCC1CCCCC1)Nc1cccc(C(=O)O)n1. The molecule has 1 heterocycles. The zero-order chi connectivity index (χ0) is 15.1. The number of carbonyl (C=O) groups excluding carboxylic acids is 1. The van der Waals surface area contributed by atoms with Gasteiger partial charge in [-0.1, -0.05) is 38.2 Å². The number of aromatic carboxylic acids is 1. The minimum atomic E-state index is -1.09. The Morgan fingerprint density at radius 1 is 1.24 bits per heavy atom. The second kappa shape index (κ2) is 7.76. The van der Waals surface area contributed by atoms with E-state index in [0.29, 0.717) is 12.2 Å². The number of anilines is 1. The summed E-state index contributed by atoms with van der Waals surface area (Å²) in [6.45, 7) is 0. The number of pyridine rings is 1. The molecule has 2 N–H and O–H groups in total. The first-order valence-electron chi connectivity index (χ1n) is 7.65. The van der Waals surface area contributed by atoms with Crippen LogP contribution in [-0.2, 0) is 4.79 Å². The third-order valence-electron chi connectivity index (χ3n) is 3.98. The molecular weight excluding hydrogens is 268 g/mol. The Kier molecular flexibility index (Phi) is 5.72. The van der Waals surface area contributed by atoms with Crippen molar-refractivity contribution in [2.45, 2.75) is 51.4 Å². The Morgan fingerprint density at radius 2 is 2.00 bits per heavy atom. The van der Waals surface area contributed by atoms with Gasteiger partial charge < -0.3 is 10.4 Å². The van der Waals surface area contributed by atoms with E-state index in [1.165, 1.54) is 38.2 Å². The van der Waals surface area contributed by atoms with Gasteiger partial charge in [0.25, 0.3) is 0 Å². The number of carboxylic acid groups (broad SMARTS) is 1. The van der Waals surface area contributed by atoms with Gasteiger partial charge in [0.15, 0.2) is 5.69 Å². The maximum Gasteiger partial charge on any atom is 0.354 e. The zero-order valence-corrected chi connectivity index (χ0v) is 12.2.